The molecule has 0 radical (unpaired) electrons. The number of amides is 2. The van der Waals surface area contributed by atoms with E-state index in [1.54, 1.807) is 18.3 Å². The second-order valence-corrected chi connectivity index (χ2v) is 8.06. The molecule has 28 heavy (non-hydrogen) atoms. The van der Waals surface area contributed by atoms with Gasteiger partial charge in [0.05, 0.1) is 16.5 Å². The molecule has 1 saturated carbocycles. The van der Waals surface area contributed by atoms with Gasteiger partial charge in [-0.1, -0.05) is 29.0 Å². The van der Waals surface area contributed by atoms with Crippen molar-refractivity contribution in [2.45, 2.75) is 32.7 Å². The van der Waals surface area contributed by atoms with E-state index in [1.807, 2.05) is 32.1 Å². The Labute approximate surface area is 173 Å². The van der Waals surface area contributed by atoms with Crippen LogP contribution in [-0.2, 0) is 0 Å². The van der Waals surface area contributed by atoms with Crippen LogP contribution in [0.4, 0.5) is 4.79 Å². The average molecular weight is 422 g/mol. The highest BCUT2D eigenvalue weighted by Crippen LogP contribution is 2.35. The largest absolute Gasteiger partial charge is 0.493 e. The number of ether oxygens (including phenoxy) is 2. The fourth-order valence-electron chi connectivity index (χ4n) is 2.35. The van der Waals surface area contributed by atoms with Crippen LogP contribution >= 0.6 is 22.9 Å². The Morgan fingerprint density at radius 1 is 1.46 bits per heavy atom. The third kappa shape index (κ3) is 6.42. The molecule has 1 aliphatic rings. The third-order valence-electron chi connectivity index (χ3n) is 4.03. The first-order valence-corrected chi connectivity index (χ1v) is 10.5. The number of aromatic nitrogens is 1. The van der Waals surface area contributed by atoms with Crippen molar-refractivity contribution >= 4 is 35.0 Å². The number of urea groups is 1. The Morgan fingerprint density at radius 3 is 3.00 bits per heavy atom. The lowest BCUT2D eigenvalue weighted by Gasteiger charge is -2.09. The Balaban J connectivity index is 1.53. The van der Waals surface area contributed by atoms with Gasteiger partial charge in [0, 0.05) is 24.8 Å². The fraction of sp³-hybridized carbons (Fsp3) is 0.400. The van der Waals surface area contributed by atoms with Gasteiger partial charge in [0.25, 0.3) is 5.19 Å². The minimum atomic E-state index is -0.188. The van der Waals surface area contributed by atoms with Crippen LogP contribution in [0.15, 0.2) is 30.5 Å². The quantitative estimate of drug-likeness (QED) is 0.590. The van der Waals surface area contributed by atoms with Gasteiger partial charge in [-0.05, 0) is 50.8 Å². The molecule has 1 atom stereocenters. The van der Waals surface area contributed by atoms with E-state index in [9.17, 15) is 4.79 Å². The molecule has 3 rings (SSSR count). The van der Waals surface area contributed by atoms with Crippen molar-refractivity contribution in [3.05, 3.63) is 40.4 Å². The molecule has 0 aliphatic heterocycles. The number of nitrogens with zero attached hydrogens (tertiary/aromatic N) is 1. The van der Waals surface area contributed by atoms with Gasteiger partial charge in [0.1, 0.15) is 11.5 Å². The summed E-state index contributed by atoms with van der Waals surface area (Å²) in [6.07, 6.45) is 8.01. The molecular formula is C20H24ClN3O3S. The topological polar surface area (TPSA) is 72.5 Å². The molecule has 8 heteroatoms. The van der Waals surface area contributed by atoms with Crippen LogP contribution in [0.25, 0.3) is 6.08 Å². The van der Waals surface area contributed by atoms with Gasteiger partial charge in [-0.15, -0.1) is 0 Å². The van der Waals surface area contributed by atoms with Gasteiger partial charge >= 0.3 is 6.03 Å². The van der Waals surface area contributed by atoms with Crippen LogP contribution in [0.5, 0.6) is 16.7 Å². The highest BCUT2D eigenvalue weighted by molar-refractivity contribution is 7.14. The van der Waals surface area contributed by atoms with E-state index in [1.165, 1.54) is 24.2 Å². The second-order valence-electron chi connectivity index (χ2n) is 6.63. The van der Waals surface area contributed by atoms with Crippen molar-refractivity contribution in [1.82, 2.24) is 15.6 Å². The highest BCUT2D eigenvalue weighted by atomic mass is 35.5. The van der Waals surface area contributed by atoms with Gasteiger partial charge in [-0.3, -0.25) is 0 Å². The Morgan fingerprint density at radius 2 is 2.29 bits per heavy atom. The lowest BCUT2D eigenvalue weighted by atomic mass is 10.3. The zero-order valence-electron chi connectivity index (χ0n) is 15.9. The number of benzene rings is 1. The smallest absolute Gasteiger partial charge is 0.315 e. The molecule has 150 valence electrons. The van der Waals surface area contributed by atoms with Crippen LogP contribution in [0.3, 0.4) is 0 Å². The number of hydrogen-bond donors (Lipinski definition) is 2. The van der Waals surface area contributed by atoms with Crippen molar-refractivity contribution in [3.63, 3.8) is 0 Å². The van der Waals surface area contributed by atoms with Crippen LogP contribution < -0.4 is 20.1 Å². The molecule has 0 spiro atoms. The Bertz CT molecular complexity index is 836. The predicted octanol–water partition coefficient (Wildman–Crippen LogP) is 5.10. The number of carbonyl (C=O) groups is 1. The molecule has 1 aromatic carbocycles. The molecule has 1 aliphatic carbocycles. The number of carbonyl (C=O) groups excluding carboxylic acids is 1. The summed E-state index contributed by atoms with van der Waals surface area (Å²) in [5, 5.41) is 6.50. The van der Waals surface area contributed by atoms with Crippen LogP contribution in [0, 0.1) is 5.92 Å². The fourth-order valence-corrected chi connectivity index (χ4v) is 3.25. The molecule has 0 saturated heterocycles. The second kappa shape index (κ2) is 9.80. The summed E-state index contributed by atoms with van der Waals surface area (Å²) in [6, 6.07) is 5.12. The van der Waals surface area contributed by atoms with E-state index in [0.717, 1.165) is 17.2 Å². The number of nitrogens with one attached hydrogen (secondary N) is 2. The summed E-state index contributed by atoms with van der Waals surface area (Å²) in [4.78, 5) is 16.7. The highest BCUT2D eigenvalue weighted by Gasteiger charge is 2.22. The number of halogens is 1. The summed E-state index contributed by atoms with van der Waals surface area (Å²) in [5.74, 6) is 1.98. The van der Waals surface area contributed by atoms with Crippen molar-refractivity contribution in [2.75, 3.05) is 13.2 Å². The maximum Gasteiger partial charge on any atom is 0.315 e. The van der Waals surface area contributed by atoms with Crippen molar-refractivity contribution < 1.29 is 14.3 Å². The van der Waals surface area contributed by atoms with Crippen LogP contribution in [0.2, 0.25) is 5.02 Å². The lowest BCUT2D eigenvalue weighted by molar-refractivity contribution is 0.240. The third-order valence-corrected chi connectivity index (χ3v) is 5.17. The number of rotatable bonds is 9. The molecular weight excluding hydrogens is 398 g/mol. The first kappa shape index (κ1) is 20.5. The average Bonchev–Trinajstić information content (AvgIpc) is 3.38. The molecule has 6 nitrogen and oxygen atoms in total. The molecule has 1 heterocycles. The number of thiazole rings is 1. The molecule has 2 aromatic rings. The summed E-state index contributed by atoms with van der Waals surface area (Å²) < 4.78 is 11.5. The van der Waals surface area contributed by atoms with Gasteiger partial charge < -0.3 is 20.1 Å². The maximum atomic E-state index is 11.5. The van der Waals surface area contributed by atoms with Gasteiger partial charge in [0.2, 0.25) is 0 Å². The first-order chi connectivity index (χ1) is 13.5. The van der Waals surface area contributed by atoms with E-state index < -0.39 is 0 Å². The zero-order valence-corrected chi connectivity index (χ0v) is 17.5. The van der Waals surface area contributed by atoms with Crippen molar-refractivity contribution in [3.8, 4) is 16.7 Å². The Hall–Kier alpha value is -2.25. The van der Waals surface area contributed by atoms with E-state index in [0.29, 0.717) is 28.4 Å². The SMILES string of the molecule is CCNC(=O)N[C@@H](C)/C=C/c1cnc(Oc2ccc(OCC3CC3)cc2Cl)s1. The lowest BCUT2D eigenvalue weighted by Crippen LogP contribution is -2.39. The molecule has 1 aromatic heterocycles. The normalized spacial score (nSPS) is 14.7. The van der Waals surface area contributed by atoms with Crippen LogP contribution in [0.1, 0.15) is 31.6 Å². The van der Waals surface area contributed by atoms with E-state index in [-0.39, 0.29) is 12.1 Å². The standard InChI is InChI=1S/C20H24ClN3O3S/c1-3-22-19(25)24-13(2)4-8-16-11-23-20(28-16)27-18-9-7-15(10-17(18)21)26-12-14-5-6-14/h4,7-11,13-14H,3,5-6,12H2,1-2H3,(H2,22,24,25)/b8-4+/t13-/m0/s1. The minimum Gasteiger partial charge on any atom is -0.493 e. The molecule has 0 unspecified atom stereocenters. The predicted molar refractivity (Wildman–Crippen MR) is 113 cm³/mol. The summed E-state index contributed by atoms with van der Waals surface area (Å²) in [5.41, 5.74) is 0. The van der Waals surface area contributed by atoms with Crippen molar-refractivity contribution in [2.24, 2.45) is 5.92 Å². The molecule has 0 bridgehead atoms. The summed E-state index contributed by atoms with van der Waals surface area (Å²) in [7, 11) is 0. The van der Waals surface area contributed by atoms with E-state index in [4.69, 9.17) is 21.1 Å². The molecule has 1 fully saturated rings. The monoisotopic (exact) mass is 421 g/mol. The first-order valence-electron chi connectivity index (χ1n) is 9.32. The Kier molecular flexibility index (Phi) is 7.17. The van der Waals surface area contributed by atoms with E-state index in [2.05, 4.69) is 15.6 Å². The van der Waals surface area contributed by atoms with Gasteiger partial charge in [0.15, 0.2) is 0 Å². The minimum absolute atomic E-state index is 0.101. The zero-order chi connectivity index (χ0) is 19.9. The van der Waals surface area contributed by atoms with E-state index >= 15 is 0 Å². The van der Waals surface area contributed by atoms with Gasteiger partial charge in [-0.2, -0.15) is 0 Å². The van der Waals surface area contributed by atoms with Crippen LogP contribution in [-0.4, -0.2) is 30.2 Å². The maximum absolute atomic E-state index is 11.5. The van der Waals surface area contributed by atoms with Gasteiger partial charge in [-0.25, -0.2) is 9.78 Å². The van der Waals surface area contributed by atoms with Crippen molar-refractivity contribution in [1.29, 1.82) is 0 Å². The molecule has 2 N–H and O–H groups in total. The number of hydrogen-bond acceptors (Lipinski definition) is 5. The summed E-state index contributed by atoms with van der Waals surface area (Å²) in [6.45, 7) is 5.11. The summed E-state index contributed by atoms with van der Waals surface area (Å²) >= 11 is 7.70. The molecule has 2 amide bonds.